The minimum absolute atomic E-state index is 0.0522. The molecule has 1 saturated heterocycles. The van der Waals surface area contributed by atoms with Crippen molar-refractivity contribution in [3.8, 4) is 0 Å². The highest BCUT2D eigenvalue weighted by atomic mass is 19.1. The lowest BCUT2D eigenvalue weighted by molar-refractivity contribution is -0.139. The maximum Gasteiger partial charge on any atom is 0.257 e. The Bertz CT molecular complexity index is 878. The summed E-state index contributed by atoms with van der Waals surface area (Å²) >= 11 is 0. The van der Waals surface area contributed by atoms with Gasteiger partial charge >= 0.3 is 0 Å². The fourth-order valence-corrected chi connectivity index (χ4v) is 3.34. The molecule has 0 aliphatic carbocycles. The molecule has 0 radical (unpaired) electrons. The average molecular weight is 382 g/mol. The Balaban J connectivity index is 1.88. The van der Waals surface area contributed by atoms with Gasteiger partial charge in [0.15, 0.2) is 0 Å². The van der Waals surface area contributed by atoms with Crippen molar-refractivity contribution in [2.45, 2.75) is 45.7 Å². The zero-order chi connectivity index (χ0) is 20.3. The summed E-state index contributed by atoms with van der Waals surface area (Å²) in [6.07, 6.45) is 0.863. The van der Waals surface area contributed by atoms with Crippen LogP contribution in [-0.2, 0) is 20.9 Å². The van der Waals surface area contributed by atoms with Crippen LogP contribution in [0, 0.1) is 12.7 Å². The lowest BCUT2D eigenvalue weighted by Gasteiger charge is -2.28. The van der Waals surface area contributed by atoms with Crippen LogP contribution >= 0.6 is 0 Å². The number of benzene rings is 2. The summed E-state index contributed by atoms with van der Waals surface area (Å²) in [4.78, 5) is 40.9. The van der Waals surface area contributed by atoms with Crippen molar-refractivity contribution in [1.82, 2.24) is 4.90 Å². The van der Waals surface area contributed by atoms with Crippen LogP contribution in [0.5, 0.6) is 0 Å². The third-order valence-corrected chi connectivity index (χ3v) is 4.84. The predicted octanol–water partition coefficient (Wildman–Crippen LogP) is 3.59. The molecule has 1 aliphatic heterocycles. The Morgan fingerprint density at radius 3 is 2.36 bits per heavy atom. The van der Waals surface area contributed by atoms with Gasteiger partial charge < -0.3 is 4.90 Å². The lowest BCUT2D eigenvalue weighted by Crippen LogP contribution is -2.45. The van der Waals surface area contributed by atoms with E-state index in [9.17, 15) is 18.8 Å². The predicted molar refractivity (Wildman–Crippen MR) is 104 cm³/mol. The van der Waals surface area contributed by atoms with Crippen LogP contribution < -0.4 is 4.90 Å². The number of hydrogen-bond acceptors (Lipinski definition) is 3. The first-order chi connectivity index (χ1) is 13.4. The van der Waals surface area contributed by atoms with Gasteiger partial charge in [0.25, 0.3) is 5.91 Å². The number of aryl methyl sites for hydroxylation is 1. The van der Waals surface area contributed by atoms with Crippen LogP contribution in [0.4, 0.5) is 10.1 Å². The molecule has 2 aromatic carbocycles. The van der Waals surface area contributed by atoms with Crippen molar-refractivity contribution >= 4 is 23.4 Å². The highest BCUT2D eigenvalue weighted by molar-refractivity contribution is 6.23. The van der Waals surface area contributed by atoms with Gasteiger partial charge in [-0.1, -0.05) is 36.8 Å². The van der Waals surface area contributed by atoms with Crippen molar-refractivity contribution in [1.29, 1.82) is 0 Å². The average Bonchev–Trinajstić information content (AvgIpc) is 2.96. The quantitative estimate of drug-likeness (QED) is 0.718. The zero-order valence-corrected chi connectivity index (χ0v) is 16.0. The normalized spacial score (nSPS) is 16.5. The maximum absolute atomic E-state index is 13.2. The summed E-state index contributed by atoms with van der Waals surface area (Å²) in [6, 6.07) is 12.1. The van der Waals surface area contributed by atoms with E-state index < -0.39 is 11.9 Å². The molecule has 6 heteroatoms. The van der Waals surface area contributed by atoms with Crippen molar-refractivity contribution < 1.29 is 18.8 Å². The van der Waals surface area contributed by atoms with Crippen molar-refractivity contribution in [2.75, 3.05) is 4.90 Å². The first-order valence-corrected chi connectivity index (χ1v) is 9.38. The number of imide groups is 1. The second kappa shape index (κ2) is 8.33. The van der Waals surface area contributed by atoms with Gasteiger partial charge in [0.05, 0.1) is 12.1 Å². The molecule has 28 heavy (non-hydrogen) atoms. The Morgan fingerprint density at radius 1 is 1.11 bits per heavy atom. The standard InChI is InChI=1S/C22H23FN2O3/c1-3-4-20(26)24(14-16-7-9-17(23)10-8-16)19-13-21(27)25(22(19)28)18-11-5-15(2)6-12-18/h5-12,19H,3-4,13-14H2,1-2H3. The number of amides is 3. The molecule has 1 atom stereocenters. The third-order valence-electron chi connectivity index (χ3n) is 4.84. The van der Waals surface area contributed by atoms with Crippen LogP contribution in [0.25, 0.3) is 0 Å². The van der Waals surface area contributed by atoms with E-state index in [-0.39, 0.29) is 37.0 Å². The Kier molecular flexibility index (Phi) is 5.87. The highest BCUT2D eigenvalue weighted by Crippen LogP contribution is 2.27. The molecule has 5 nitrogen and oxygen atoms in total. The molecule has 3 rings (SSSR count). The fraction of sp³-hybridized carbons (Fsp3) is 0.318. The van der Waals surface area contributed by atoms with Gasteiger partial charge in [-0.25, -0.2) is 9.29 Å². The lowest BCUT2D eigenvalue weighted by atomic mass is 10.1. The van der Waals surface area contributed by atoms with Crippen molar-refractivity contribution in [3.63, 3.8) is 0 Å². The van der Waals surface area contributed by atoms with E-state index in [4.69, 9.17) is 0 Å². The molecule has 0 saturated carbocycles. The van der Waals surface area contributed by atoms with E-state index in [0.717, 1.165) is 10.5 Å². The molecule has 1 fully saturated rings. The number of anilines is 1. The number of halogens is 1. The number of carbonyl (C=O) groups is 3. The van der Waals surface area contributed by atoms with E-state index in [0.29, 0.717) is 17.7 Å². The van der Waals surface area contributed by atoms with Gasteiger partial charge in [0.2, 0.25) is 11.8 Å². The van der Waals surface area contributed by atoms with Crippen molar-refractivity contribution in [3.05, 3.63) is 65.5 Å². The number of hydrogen-bond donors (Lipinski definition) is 0. The van der Waals surface area contributed by atoms with Gasteiger partial charge in [-0.2, -0.15) is 0 Å². The number of carbonyl (C=O) groups excluding carboxylic acids is 3. The molecule has 0 aromatic heterocycles. The molecular formula is C22H23FN2O3. The van der Waals surface area contributed by atoms with Crippen LogP contribution in [0.1, 0.15) is 37.3 Å². The Morgan fingerprint density at radius 2 is 1.75 bits per heavy atom. The number of rotatable bonds is 6. The molecule has 0 N–H and O–H groups in total. The Hall–Kier alpha value is -3.02. The van der Waals surface area contributed by atoms with Crippen LogP contribution in [0.15, 0.2) is 48.5 Å². The Labute approximate surface area is 163 Å². The highest BCUT2D eigenvalue weighted by Gasteiger charge is 2.44. The van der Waals surface area contributed by atoms with E-state index in [1.807, 2.05) is 26.0 Å². The minimum atomic E-state index is -0.849. The summed E-state index contributed by atoms with van der Waals surface area (Å²) < 4.78 is 13.2. The summed E-state index contributed by atoms with van der Waals surface area (Å²) in [5.41, 5.74) is 2.24. The largest absolute Gasteiger partial charge is 0.326 e. The molecule has 3 amide bonds. The summed E-state index contributed by atoms with van der Waals surface area (Å²) in [7, 11) is 0. The minimum Gasteiger partial charge on any atom is -0.326 e. The first kappa shape index (κ1) is 19.7. The first-order valence-electron chi connectivity index (χ1n) is 9.38. The van der Waals surface area contributed by atoms with E-state index in [2.05, 4.69) is 0 Å². The van der Waals surface area contributed by atoms with E-state index >= 15 is 0 Å². The molecule has 1 heterocycles. The molecule has 1 unspecified atom stereocenters. The van der Waals surface area contributed by atoms with Crippen molar-refractivity contribution in [2.24, 2.45) is 0 Å². The smallest absolute Gasteiger partial charge is 0.257 e. The van der Waals surface area contributed by atoms with E-state index in [1.165, 1.54) is 17.0 Å². The van der Waals surface area contributed by atoms with Gasteiger partial charge in [0.1, 0.15) is 11.9 Å². The van der Waals surface area contributed by atoms with Gasteiger partial charge in [-0.3, -0.25) is 14.4 Å². The fourth-order valence-electron chi connectivity index (χ4n) is 3.34. The van der Waals surface area contributed by atoms with Gasteiger partial charge in [0, 0.05) is 13.0 Å². The van der Waals surface area contributed by atoms with E-state index in [1.54, 1.807) is 24.3 Å². The maximum atomic E-state index is 13.2. The molecule has 2 aromatic rings. The third kappa shape index (κ3) is 4.11. The molecule has 0 bridgehead atoms. The van der Waals surface area contributed by atoms with Crippen LogP contribution in [-0.4, -0.2) is 28.7 Å². The topological polar surface area (TPSA) is 57.7 Å². The monoisotopic (exact) mass is 382 g/mol. The second-order valence-corrected chi connectivity index (χ2v) is 7.02. The summed E-state index contributed by atoms with van der Waals surface area (Å²) in [5, 5.41) is 0. The number of nitrogens with zero attached hydrogens (tertiary/aromatic N) is 2. The van der Waals surface area contributed by atoms with Crippen LogP contribution in [0.2, 0.25) is 0 Å². The molecule has 1 aliphatic rings. The molecular weight excluding hydrogens is 359 g/mol. The zero-order valence-electron chi connectivity index (χ0n) is 16.0. The molecule has 146 valence electrons. The SMILES string of the molecule is CCCC(=O)N(Cc1ccc(F)cc1)C1CC(=O)N(c2ccc(C)cc2)C1=O. The molecule has 0 spiro atoms. The second-order valence-electron chi connectivity index (χ2n) is 7.02. The van der Waals surface area contributed by atoms with Gasteiger partial charge in [-0.05, 0) is 43.2 Å². The van der Waals surface area contributed by atoms with Crippen LogP contribution in [0.3, 0.4) is 0 Å². The summed E-state index contributed by atoms with van der Waals surface area (Å²) in [5.74, 6) is -1.29. The van der Waals surface area contributed by atoms with Gasteiger partial charge in [-0.15, -0.1) is 0 Å². The summed E-state index contributed by atoms with van der Waals surface area (Å²) in [6.45, 7) is 3.97.